The summed E-state index contributed by atoms with van der Waals surface area (Å²) in [4.78, 5) is 12.6. The van der Waals surface area contributed by atoms with E-state index in [1.807, 2.05) is 19.1 Å². The number of aryl methyl sites for hydroxylation is 4. The molecule has 0 radical (unpaired) electrons. The SMILES string of the molecule is Cc1cc(C)c(PC(=O)c2c(C)cccc2Cl)c(C)c1. The van der Waals surface area contributed by atoms with Crippen molar-refractivity contribution in [1.82, 2.24) is 0 Å². The van der Waals surface area contributed by atoms with Gasteiger partial charge in [0.1, 0.15) is 0 Å². The highest BCUT2D eigenvalue weighted by Gasteiger charge is 2.16. The predicted molar refractivity (Wildman–Crippen MR) is 89.1 cm³/mol. The zero-order chi connectivity index (χ0) is 14.9. The molecule has 2 aromatic carbocycles. The zero-order valence-corrected chi connectivity index (χ0v) is 13.9. The summed E-state index contributed by atoms with van der Waals surface area (Å²) in [6.45, 7) is 8.13. The Morgan fingerprint density at radius 1 is 1.00 bits per heavy atom. The lowest BCUT2D eigenvalue weighted by Crippen LogP contribution is -2.10. The summed E-state index contributed by atoms with van der Waals surface area (Å²) in [5.41, 5.74) is 5.31. The van der Waals surface area contributed by atoms with Gasteiger partial charge in [0.25, 0.3) is 0 Å². The van der Waals surface area contributed by atoms with Crippen LogP contribution in [0.5, 0.6) is 0 Å². The van der Waals surface area contributed by atoms with E-state index in [0.29, 0.717) is 10.6 Å². The fraction of sp³-hybridized carbons (Fsp3) is 0.235. The Kier molecular flexibility index (Phi) is 4.62. The fourth-order valence-corrected chi connectivity index (χ4v) is 4.08. The number of rotatable bonds is 3. The van der Waals surface area contributed by atoms with Crippen molar-refractivity contribution in [2.45, 2.75) is 27.7 Å². The molecule has 0 fully saturated rings. The molecule has 2 aromatic rings. The van der Waals surface area contributed by atoms with E-state index in [1.54, 1.807) is 6.07 Å². The third-order valence-corrected chi connectivity index (χ3v) is 5.20. The molecule has 1 unspecified atom stereocenters. The minimum Gasteiger partial charge on any atom is -0.289 e. The van der Waals surface area contributed by atoms with Crippen LogP contribution in [0, 0.1) is 27.7 Å². The van der Waals surface area contributed by atoms with Gasteiger partial charge in [-0.05, 0) is 64.3 Å². The van der Waals surface area contributed by atoms with E-state index >= 15 is 0 Å². The standard InChI is InChI=1S/C17H18ClOP/c1-10-8-12(3)16(13(4)9-10)20-17(19)15-11(2)6-5-7-14(15)18/h5-9,20H,1-4H3. The lowest BCUT2D eigenvalue weighted by molar-refractivity contribution is 0.108. The van der Waals surface area contributed by atoms with E-state index in [4.69, 9.17) is 11.6 Å². The van der Waals surface area contributed by atoms with Gasteiger partial charge in [-0.2, -0.15) is 0 Å². The Morgan fingerprint density at radius 2 is 1.60 bits per heavy atom. The van der Waals surface area contributed by atoms with E-state index in [1.165, 1.54) is 16.7 Å². The maximum atomic E-state index is 12.6. The van der Waals surface area contributed by atoms with Crippen molar-refractivity contribution in [2.75, 3.05) is 0 Å². The summed E-state index contributed by atoms with van der Waals surface area (Å²) in [7, 11) is 0.119. The summed E-state index contributed by atoms with van der Waals surface area (Å²) >= 11 is 6.18. The molecule has 0 aliphatic carbocycles. The van der Waals surface area contributed by atoms with Crippen LogP contribution in [0.15, 0.2) is 30.3 Å². The smallest absolute Gasteiger partial charge is 0.187 e. The van der Waals surface area contributed by atoms with E-state index in [2.05, 4.69) is 32.9 Å². The van der Waals surface area contributed by atoms with E-state index in [-0.39, 0.29) is 14.1 Å². The fourth-order valence-electron chi connectivity index (χ4n) is 2.47. The monoisotopic (exact) mass is 304 g/mol. The molecule has 0 bridgehead atoms. The van der Waals surface area contributed by atoms with Crippen LogP contribution in [0.2, 0.25) is 5.02 Å². The topological polar surface area (TPSA) is 17.1 Å². The van der Waals surface area contributed by atoms with Gasteiger partial charge in [0.2, 0.25) is 0 Å². The summed E-state index contributed by atoms with van der Waals surface area (Å²) in [5.74, 6) is 0. The van der Waals surface area contributed by atoms with Crippen molar-refractivity contribution < 1.29 is 4.79 Å². The molecule has 0 aliphatic rings. The summed E-state index contributed by atoms with van der Waals surface area (Å²) < 4.78 is 0. The first-order valence-corrected chi connectivity index (χ1v) is 7.92. The van der Waals surface area contributed by atoms with Gasteiger partial charge < -0.3 is 0 Å². The van der Waals surface area contributed by atoms with Gasteiger partial charge in [-0.15, -0.1) is 0 Å². The van der Waals surface area contributed by atoms with Crippen LogP contribution in [0.3, 0.4) is 0 Å². The number of benzene rings is 2. The second-order valence-electron chi connectivity index (χ2n) is 5.16. The van der Waals surface area contributed by atoms with Crippen LogP contribution >= 0.6 is 20.2 Å². The summed E-state index contributed by atoms with van der Waals surface area (Å²) in [6, 6.07) is 9.84. The second-order valence-corrected chi connectivity index (χ2v) is 6.77. The molecule has 20 heavy (non-hydrogen) atoms. The number of carbonyl (C=O) groups excluding carboxylic acids is 1. The normalized spacial score (nSPS) is 11.2. The van der Waals surface area contributed by atoms with Gasteiger partial charge in [-0.25, -0.2) is 0 Å². The van der Waals surface area contributed by atoms with Crippen molar-refractivity contribution in [3.05, 3.63) is 63.2 Å². The van der Waals surface area contributed by atoms with Crippen molar-refractivity contribution in [3.8, 4) is 0 Å². The number of hydrogen-bond donors (Lipinski definition) is 0. The molecule has 0 aliphatic heterocycles. The van der Waals surface area contributed by atoms with Crippen molar-refractivity contribution in [1.29, 1.82) is 0 Å². The molecular weight excluding hydrogens is 287 g/mol. The molecule has 104 valence electrons. The van der Waals surface area contributed by atoms with E-state index < -0.39 is 0 Å². The molecule has 0 heterocycles. The van der Waals surface area contributed by atoms with Crippen molar-refractivity contribution >= 4 is 31.0 Å². The molecule has 0 saturated carbocycles. The van der Waals surface area contributed by atoms with Crippen LogP contribution in [-0.4, -0.2) is 5.52 Å². The number of hydrogen-bond acceptors (Lipinski definition) is 1. The zero-order valence-electron chi connectivity index (χ0n) is 12.2. The number of carbonyl (C=O) groups is 1. The lowest BCUT2D eigenvalue weighted by Gasteiger charge is -2.12. The van der Waals surface area contributed by atoms with Crippen molar-refractivity contribution in [3.63, 3.8) is 0 Å². The molecule has 0 N–H and O–H groups in total. The van der Waals surface area contributed by atoms with Gasteiger partial charge in [0.05, 0.1) is 5.02 Å². The minimum atomic E-state index is 0.114. The Hall–Kier alpha value is -1.17. The van der Waals surface area contributed by atoms with E-state index in [0.717, 1.165) is 10.9 Å². The third-order valence-electron chi connectivity index (χ3n) is 3.36. The minimum absolute atomic E-state index is 0.114. The maximum Gasteiger partial charge on any atom is 0.187 e. The van der Waals surface area contributed by atoms with E-state index in [9.17, 15) is 4.79 Å². The van der Waals surface area contributed by atoms with Crippen LogP contribution < -0.4 is 5.30 Å². The Balaban J connectivity index is 2.38. The molecule has 3 heteroatoms. The van der Waals surface area contributed by atoms with Crippen LogP contribution in [0.1, 0.15) is 32.6 Å². The van der Waals surface area contributed by atoms with Gasteiger partial charge in [0, 0.05) is 5.56 Å². The number of halogens is 1. The Morgan fingerprint density at radius 3 is 2.15 bits per heavy atom. The maximum absolute atomic E-state index is 12.6. The van der Waals surface area contributed by atoms with Crippen molar-refractivity contribution in [2.24, 2.45) is 0 Å². The highest BCUT2D eigenvalue weighted by atomic mass is 35.5. The van der Waals surface area contributed by atoms with Gasteiger partial charge >= 0.3 is 0 Å². The summed E-state index contributed by atoms with van der Waals surface area (Å²) in [6.07, 6.45) is 0. The molecule has 0 saturated heterocycles. The average molecular weight is 305 g/mol. The highest BCUT2D eigenvalue weighted by molar-refractivity contribution is 7.66. The largest absolute Gasteiger partial charge is 0.289 e. The van der Waals surface area contributed by atoms with Crippen LogP contribution in [-0.2, 0) is 0 Å². The molecule has 0 spiro atoms. The molecule has 0 amide bonds. The lowest BCUT2D eigenvalue weighted by atomic mass is 10.1. The summed E-state index contributed by atoms with van der Waals surface area (Å²) in [5, 5.41) is 1.69. The van der Waals surface area contributed by atoms with Gasteiger partial charge in [0.15, 0.2) is 5.52 Å². The Labute approximate surface area is 127 Å². The Bertz CT molecular complexity index is 633. The second kappa shape index (κ2) is 6.08. The molecule has 1 nitrogen and oxygen atoms in total. The quantitative estimate of drug-likeness (QED) is 0.750. The van der Waals surface area contributed by atoms with Gasteiger partial charge in [-0.3, -0.25) is 4.79 Å². The molecular formula is C17H18ClOP. The third kappa shape index (κ3) is 3.11. The first-order valence-electron chi connectivity index (χ1n) is 6.54. The first-order chi connectivity index (χ1) is 9.40. The first kappa shape index (κ1) is 15.2. The van der Waals surface area contributed by atoms with Crippen LogP contribution in [0.4, 0.5) is 0 Å². The highest BCUT2D eigenvalue weighted by Crippen LogP contribution is 2.29. The van der Waals surface area contributed by atoms with Gasteiger partial charge in [-0.1, -0.05) is 41.4 Å². The van der Waals surface area contributed by atoms with Crippen LogP contribution in [0.25, 0.3) is 0 Å². The molecule has 0 aromatic heterocycles. The molecule has 1 atom stereocenters. The predicted octanol–water partition coefficient (Wildman–Crippen LogP) is 4.72. The average Bonchev–Trinajstić information content (AvgIpc) is 2.33. The molecule has 2 rings (SSSR count).